The van der Waals surface area contributed by atoms with Gasteiger partial charge in [-0.2, -0.15) is 5.10 Å². The topological polar surface area (TPSA) is 73.0 Å². The molecule has 0 aliphatic carbocycles. The second-order valence-corrected chi connectivity index (χ2v) is 4.40. The van der Waals surface area contributed by atoms with Gasteiger partial charge in [0.05, 0.1) is 10.7 Å². The van der Waals surface area contributed by atoms with Gasteiger partial charge in [0.25, 0.3) is 5.91 Å². The molecule has 2 heterocycles. The first kappa shape index (κ1) is 12.6. The van der Waals surface area contributed by atoms with Crippen molar-refractivity contribution in [1.82, 2.24) is 14.9 Å². The Hall–Kier alpha value is -1.82. The van der Waals surface area contributed by atoms with Gasteiger partial charge in [-0.05, 0) is 20.8 Å². The highest BCUT2D eigenvalue weighted by Crippen LogP contribution is 2.23. The molecule has 0 unspecified atom stereocenters. The molecule has 0 fully saturated rings. The molecule has 0 saturated carbocycles. The van der Waals surface area contributed by atoms with E-state index in [0.717, 1.165) is 5.69 Å². The highest BCUT2D eigenvalue weighted by Gasteiger charge is 2.20. The molecule has 0 atom stereocenters. The molecule has 0 saturated heterocycles. The molecule has 6 nitrogen and oxygen atoms in total. The number of nitrogens with zero attached hydrogens (tertiary/aromatic N) is 3. The predicted molar refractivity (Wildman–Crippen MR) is 66.9 cm³/mol. The van der Waals surface area contributed by atoms with E-state index < -0.39 is 0 Å². The molecule has 0 radical (unpaired) electrons. The fraction of sp³-hybridized carbons (Fsp3) is 0.364. The summed E-state index contributed by atoms with van der Waals surface area (Å²) in [4.78, 5) is 12.1. The molecule has 2 aromatic heterocycles. The number of hydrogen-bond donors (Lipinski definition) is 1. The predicted octanol–water partition coefficient (Wildman–Crippen LogP) is 2.24. The van der Waals surface area contributed by atoms with Crippen LogP contribution in [-0.4, -0.2) is 20.8 Å². The highest BCUT2D eigenvalue weighted by molar-refractivity contribution is 6.34. The molecule has 18 heavy (non-hydrogen) atoms. The molecule has 0 spiro atoms. The lowest BCUT2D eigenvalue weighted by molar-refractivity contribution is 0.102. The molecule has 0 aliphatic heterocycles. The summed E-state index contributed by atoms with van der Waals surface area (Å²) in [5, 5.41) is 10.9. The summed E-state index contributed by atoms with van der Waals surface area (Å²) in [6, 6.07) is 0. The minimum Gasteiger partial charge on any atom is -0.359 e. The maximum Gasteiger partial charge on any atom is 0.277 e. The number of aromatic nitrogens is 3. The van der Waals surface area contributed by atoms with Crippen LogP contribution in [0.15, 0.2) is 4.52 Å². The Kier molecular flexibility index (Phi) is 3.13. The standard InChI is InChI=1S/C11H13ClN4O2/c1-5-9(7(3)18-15-5)13-11(17)10-8(12)6(2)16(4)14-10/h1-4H3,(H,13,17). The number of hydrogen-bond acceptors (Lipinski definition) is 4. The van der Waals surface area contributed by atoms with Crippen molar-refractivity contribution >= 4 is 23.2 Å². The third-order valence-corrected chi connectivity index (χ3v) is 3.20. The van der Waals surface area contributed by atoms with E-state index in [-0.39, 0.29) is 11.6 Å². The van der Waals surface area contributed by atoms with E-state index in [0.29, 0.717) is 22.2 Å². The average molecular weight is 269 g/mol. The number of anilines is 1. The van der Waals surface area contributed by atoms with Gasteiger partial charge >= 0.3 is 0 Å². The Morgan fingerprint density at radius 3 is 2.50 bits per heavy atom. The van der Waals surface area contributed by atoms with Crippen molar-refractivity contribution in [2.24, 2.45) is 7.05 Å². The number of halogens is 1. The molecular formula is C11H13ClN4O2. The van der Waals surface area contributed by atoms with E-state index in [9.17, 15) is 4.79 Å². The summed E-state index contributed by atoms with van der Waals surface area (Å²) in [6.07, 6.45) is 0. The second-order valence-electron chi connectivity index (χ2n) is 4.02. The van der Waals surface area contributed by atoms with Crippen molar-refractivity contribution < 1.29 is 9.32 Å². The molecule has 96 valence electrons. The van der Waals surface area contributed by atoms with Crippen LogP contribution in [0.2, 0.25) is 5.02 Å². The first-order chi connectivity index (χ1) is 8.41. The fourth-order valence-corrected chi connectivity index (χ4v) is 1.81. The second kappa shape index (κ2) is 4.45. The van der Waals surface area contributed by atoms with Crippen LogP contribution >= 0.6 is 11.6 Å². The fourth-order valence-electron chi connectivity index (χ4n) is 1.56. The summed E-state index contributed by atoms with van der Waals surface area (Å²) in [6.45, 7) is 5.26. The van der Waals surface area contributed by atoms with E-state index in [1.807, 2.05) is 0 Å². The van der Waals surface area contributed by atoms with Crippen molar-refractivity contribution in [2.75, 3.05) is 5.32 Å². The zero-order chi connectivity index (χ0) is 13.4. The van der Waals surface area contributed by atoms with Gasteiger partial charge in [-0.15, -0.1) is 0 Å². The van der Waals surface area contributed by atoms with Crippen LogP contribution in [0.1, 0.15) is 27.6 Å². The molecule has 2 aromatic rings. The molecule has 7 heteroatoms. The summed E-state index contributed by atoms with van der Waals surface area (Å²) in [7, 11) is 1.73. The lowest BCUT2D eigenvalue weighted by Gasteiger charge is -2.01. The molecule has 0 aliphatic rings. The van der Waals surface area contributed by atoms with Gasteiger partial charge in [-0.3, -0.25) is 9.48 Å². The van der Waals surface area contributed by atoms with E-state index in [1.165, 1.54) is 0 Å². The van der Waals surface area contributed by atoms with E-state index in [4.69, 9.17) is 16.1 Å². The maximum absolute atomic E-state index is 12.1. The van der Waals surface area contributed by atoms with E-state index in [1.54, 1.807) is 32.5 Å². The van der Waals surface area contributed by atoms with E-state index in [2.05, 4.69) is 15.6 Å². The van der Waals surface area contributed by atoms with Gasteiger partial charge < -0.3 is 9.84 Å². The van der Waals surface area contributed by atoms with Gasteiger partial charge in [-0.25, -0.2) is 0 Å². The molecule has 1 amide bonds. The Bertz CT molecular complexity index is 595. The Morgan fingerprint density at radius 2 is 2.06 bits per heavy atom. The molecule has 2 rings (SSSR count). The van der Waals surface area contributed by atoms with Crippen LogP contribution < -0.4 is 5.32 Å². The number of carbonyl (C=O) groups is 1. The number of carbonyl (C=O) groups excluding carboxylic acids is 1. The Labute approximate surface area is 109 Å². The monoisotopic (exact) mass is 268 g/mol. The minimum atomic E-state index is -0.377. The smallest absolute Gasteiger partial charge is 0.277 e. The summed E-state index contributed by atoms with van der Waals surface area (Å²) in [5.41, 5.74) is 2.10. The number of rotatable bonds is 2. The van der Waals surface area contributed by atoms with Crippen molar-refractivity contribution in [3.63, 3.8) is 0 Å². The zero-order valence-corrected chi connectivity index (χ0v) is 11.3. The normalized spacial score (nSPS) is 10.7. The lowest BCUT2D eigenvalue weighted by Crippen LogP contribution is -2.14. The van der Waals surface area contributed by atoms with Gasteiger partial charge in [-0.1, -0.05) is 16.8 Å². The highest BCUT2D eigenvalue weighted by atomic mass is 35.5. The summed E-state index contributed by atoms with van der Waals surface area (Å²) < 4.78 is 6.53. The quantitative estimate of drug-likeness (QED) is 0.906. The Morgan fingerprint density at radius 1 is 1.39 bits per heavy atom. The lowest BCUT2D eigenvalue weighted by atomic mass is 10.3. The van der Waals surface area contributed by atoms with Crippen molar-refractivity contribution in [2.45, 2.75) is 20.8 Å². The van der Waals surface area contributed by atoms with Gasteiger partial charge in [0.2, 0.25) is 0 Å². The number of amides is 1. The van der Waals surface area contributed by atoms with Crippen molar-refractivity contribution in [1.29, 1.82) is 0 Å². The third kappa shape index (κ3) is 1.99. The average Bonchev–Trinajstić information content (AvgIpc) is 2.77. The third-order valence-electron chi connectivity index (χ3n) is 2.75. The molecule has 1 N–H and O–H groups in total. The van der Waals surface area contributed by atoms with Crippen LogP contribution in [0.25, 0.3) is 0 Å². The largest absolute Gasteiger partial charge is 0.359 e. The zero-order valence-electron chi connectivity index (χ0n) is 10.5. The minimum absolute atomic E-state index is 0.191. The summed E-state index contributed by atoms with van der Waals surface area (Å²) >= 11 is 6.05. The SMILES string of the molecule is Cc1noc(C)c1NC(=O)c1nn(C)c(C)c1Cl. The molecule has 0 aromatic carbocycles. The van der Waals surface area contributed by atoms with Crippen LogP contribution in [0, 0.1) is 20.8 Å². The van der Waals surface area contributed by atoms with Crippen LogP contribution in [-0.2, 0) is 7.05 Å². The first-order valence-electron chi connectivity index (χ1n) is 5.35. The number of nitrogens with one attached hydrogen (secondary N) is 1. The van der Waals surface area contributed by atoms with Gasteiger partial charge in [0.15, 0.2) is 11.5 Å². The van der Waals surface area contributed by atoms with E-state index >= 15 is 0 Å². The van der Waals surface area contributed by atoms with Crippen molar-refractivity contribution in [3.8, 4) is 0 Å². The van der Waals surface area contributed by atoms with Crippen LogP contribution in [0.3, 0.4) is 0 Å². The van der Waals surface area contributed by atoms with Gasteiger partial charge in [0, 0.05) is 7.05 Å². The molecular weight excluding hydrogens is 256 g/mol. The van der Waals surface area contributed by atoms with Crippen LogP contribution in [0.5, 0.6) is 0 Å². The van der Waals surface area contributed by atoms with Crippen LogP contribution in [0.4, 0.5) is 5.69 Å². The molecule has 0 bridgehead atoms. The summed E-state index contributed by atoms with van der Waals surface area (Å²) in [5.74, 6) is 0.169. The first-order valence-corrected chi connectivity index (χ1v) is 5.73. The van der Waals surface area contributed by atoms with Gasteiger partial charge in [0.1, 0.15) is 11.4 Å². The Balaban J connectivity index is 2.31. The maximum atomic E-state index is 12.1. The van der Waals surface area contributed by atoms with Crippen molar-refractivity contribution in [3.05, 3.63) is 27.9 Å². The number of aryl methyl sites for hydroxylation is 3.